The molecule has 0 N–H and O–H groups in total. The average molecular weight is 331 g/mol. The highest BCUT2D eigenvalue weighted by Gasteiger charge is 2.35. The molecule has 4 heteroatoms. The number of ketones is 1. The quantitative estimate of drug-likeness (QED) is 0.727. The molecular weight excluding hydrogens is 302 g/mol. The zero-order valence-corrected chi connectivity index (χ0v) is 15.1. The third kappa shape index (κ3) is 5.66. The molecule has 1 saturated heterocycles. The van der Waals surface area contributed by atoms with Crippen LogP contribution in [-0.2, 0) is 16.0 Å². The summed E-state index contributed by atoms with van der Waals surface area (Å²) in [5, 5.41) is 0. The minimum Gasteiger partial charge on any atom is -0.444 e. The summed E-state index contributed by atoms with van der Waals surface area (Å²) in [6.07, 6.45) is 4.67. The van der Waals surface area contributed by atoms with Crippen molar-refractivity contribution in [1.29, 1.82) is 0 Å². The van der Waals surface area contributed by atoms with E-state index in [-0.39, 0.29) is 17.9 Å². The van der Waals surface area contributed by atoms with Gasteiger partial charge in [0, 0.05) is 13.0 Å². The molecule has 4 nitrogen and oxygen atoms in total. The maximum atomic E-state index is 12.5. The van der Waals surface area contributed by atoms with Crippen molar-refractivity contribution in [3.63, 3.8) is 0 Å². The van der Waals surface area contributed by atoms with E-state index in [4.69, 9.17) is 4.74 Å². The van der Waals surface area contributed by atoms with Gasteiger partial charge in [-0.15, -0.1) is 0 Å². The van der Waals surface area contributed by atoms with E-state index >= 15 is 0 Å². The monoisotopic (exact) mass is 331 g/mol. The highest BCUT2D eigenvalue weighted by atomic mass is 16.6. The van der Waals surface area contributed by atoms with Crippen LogP contribution in [0.25, 0.3) is 0 Å². The first-order valence-electron chi connectivity index (χ1n) is 8.93. The van der Waals surface area contributed by atoms with Crippen LogP contribution in [0.1, 0.15) is 58.4 Å². The molecule has 1 atom stereocenters. The Hall–Kier alpha value is -1.84. The van der Waals surface area contributed by atoms with Crippen LogP contribution in [0.15, 0.2) is 30.3 Å². The van der Waals surface area contributed by atoms with Crippen molar-refractivity contribution >= 4 is 11.9 Å². The lowest BCUT2D eigenvalue weighted by molar-refractivity contribution is -0.123. The Balaban J connectivity index is 1.77. The fraction of sp³-hybridized carbons (Fsp3) is 0.600. The van der Waals surface area contributed by atoms with Crippen LogP contribution >= 0.6 is 0 Å². The van der Waals surface area contributed by atoms with E-state index in [9.17, 15) is 9.59 Å². The largest absolute Gasteiger partial charge is 0.444 e. The van der Waals surface area contributed by atoms with Gasteiger partial charge in [0.1, 0.15) is 5.60 Å². The Kier molecular flexibility index (Phi) is 6.41. The molecule has 1 heterocycles. The van der Waals surface area contributed by atoms with Crippen molar-refractivity contribution in [2.75, 3.05) is 6.54 Å². The summed E-state index contributed by atoms with van der Waals surface area (Å²) in [4.78, 5) is 26.3. The molecule has 0 saturated carbocycles. The normalized spacial score (nSPS) is 17.8. The Morgan fingerprint density at radius 1 is 1.17 bits per heavy atom. The molecule has 0 unspecified atom stereocenters. The van der Waals surface area contributed by atoms with Gasteiger partial charge in [0.15, 0.2) is 5.78 Å². The molecule has 24 heavy (non-hydrogen) atoms. The number of hydrogen-bond donors (Lipinski definition) is 0. The molecule has 0 spiro atoms. The van der Waals surface area contributed by atoms with E-state index in [2.05, 4.69) is 12.1 Å². The molecule has 1 aliphatic rings. The molecule has 1 amide bonds. The van der Waals surface area contributed by atoms with E-state index < -0.39 is 5.60 Å². The highest BCUT2D eigenvalue weighted by molar-refractivity contribution is 5.88. The van der Waals surface area contributed by atoms with Crippen LogP contribution in [0.3, 0.4) is 0 Å². The number of hydrogen-bond acceptors (Lipinski definition) is 3. The molecule has 0 aliphatic carbocycles. The number of unbranched alkanes of at least 4 members (excludes halogenated alkanes) is 1. The zero-order chi connectivity index (χ0) is 17.6. The van der Waals surface area contributed by atoms with Gasteiger partial charge in [-0.2, -0.15) is 0 Å². The first-order valence-corrected chi connectivity index (χ1v) is 8.93. The summed E-state index contributed by atoms with van der Waals surface area (Å²) in [7, 11) is 0. The lowest BCUT2D eigenvalue weighted by Gasteiger charge is -2.28. The lowest BCUT2D eigenvalue weighted by atomic mass is 10.0. The highest BCUT2D eigenvalue weighted by Crippen LogP contribution is 2.23. The van der Waals surface area contributed by atoms with Gasteiger partial charge in [-0.1, -0.05) is 30.3 Å². The first-order chi connectivity index (χ1) is 11.4. The van der Waals surface area contributed by atoms with Crippen molar-refractivity contribution in [3.05, 3.63) is 35.9 Å². The Morgan fingerprint density at radius 3 is 2.54 bits per heavy atom. The van der Waals surface area contributed by atoms with Gasteiger partial charge in [-0.25, -0.2) is 4.79 Å². The third-order valence-corrected chi connectivity index (χ3v) is 4.23. The molecule has 1 aliphatic heterocycles. The van der Waals surface area contributed by atoms with Gasteiger partial charge in [0.2, 0.25) is 0 Å². The van der Waals surface area contributed by atoms with Crippen LogP contribution in [0.2, 0.25) is 0 Å². The molecule has 0 aromatic heterocycles. The van der Waals surface area contributed by atoms with E-state index in [1.54, 1.807) is 4.90 Å². The molecule has 1 aromatic carbocycles. The summed E-state index contributed by atoms with van der Waals surface area (Å²) in [6, 6.07) is 10.0. The lowest BCUT2D eigenvalue weighted by Crippen LogP contribution is -2.43. The van der Waals surface area contributed by atoms with Gasteiger partial charge >= 0.3 is 6.09 Å². The number of nitrogens with zero attached hydrogens (tertiary/aromatic N) is 1. The van der Waals surface area contributed by atoms with Crippen molar-refractivity contribution < 1.29 is 14.3 Å². The fourth-order valence-electron chi connectivity index (χ4n) is 3.08. The number of benzene rings is 1. The number of rotatable bonds is 6. The van der Waals surface area contributed by atoms with Crippen molar-refractivity contribution in [2.24, 2.45) is 0 Å². The zero-order valence-electron chi connectivity index (χ0n) is 15.1. The minimum atomic E-state index is -0.525. The molecule has 0 bridgehead atoms. The molecule has 2 rings (SSSR count). The standard InChI is InChI=1S/C20H29NO3/c1-20(2,3)24-19(23)21-15-9-13-17(21)18(22)14-8-7-12-16-10-5-4-6-11-16/h4-6,10-11,17H,7-9,12-15H2,1-3H3/t17-/m0/s1. The Morgan fingerprint density at radius 2 is 1.88 bits per heavy atom. The Labute approximate surface area is 145 Å². The molecule has 1 fully saturated rings. The minimum absolute atomic E-state index is 0.173. The number of carbonyl (C=O) groups excluding carboxylic acids is 2. The second-order valence-electron chi connectivity index (χ2n) is 7.49. The summed E-state index contributed by atoms with van der Waals surface area (Å²) in [6.45, 7) is 6.17. The van der Waals surface area contributed by atoms with Crippen LogP contribution < -0.4 is 0 Å². The van der Waals surface area contributed by atoms with Gasteiger partial charge < -0.3 is 4.74 Å². The topological polar surface area (TPSA) is 46.6 Å². The van der Waals surface area contributed by atoms with Gasteiger partial charge in [-0.05, 0) is 58.4 Å². The number of Topliss-reactive ketones (excluding diaryl/α,β-unsaturated/α-hetero) is 1. The van der Waals surface area contributed by atoms with Crippen molar-refractivity contribution in [3.8, 4) is 0 Å². The number of carbonyl (C=O) groups is 2. The van der Waals surface area contributed by atoms with Crippen molar-refractivity contribution in [2.45, 2.75) is 70.9 Å². The predicted molar refractivity (Wildman–Crippen MR) is 95.0 cm³/mol. The summed E-state index contributed by atoms with van der Waals surface area (Å²) in [5.41, 5.74) is 0.782. The second-order valence-corrected chi connectivity index (χ2v) is 7.49. The van der Waals surface area contributed by atoms with Crippen LogP contribution in [-0.4, -0.2) is 35.0 Å². The average Bonchev–Trinajstić information content (AvgIpc) is 3.00. The van der Waals surface area contributed by atoms with Gasteiger partial charge in [0.05, 0.1) is 6.04 Å². The van der Waals surface area contributed by atoms with Crippen LogP contribution in [0.5, 0.6) is 0 Å². The number of amides is 1. The van der Waals surface area contributed by atoms with E-state index in [0.717, 1.165) is 32.1 Å². The maximum absolute atomic E-state index is 12.5. The third-order valence-electron chi connectivity index (χ3n) is 4.23. The summed E-state index contributed by atoms with van der Waals surface area (Å²) in [5.74, 6) is 0.173. The Bertz CT molecular complexity index is 548. The number of aryl methyl sites for hydroxylation is 1. The molecular formula is C20H29NO3. The van der Waals surface area contributed by atoms with E-state index in [1.165, 1.54) is 5.56 Å². The predicted octanol–water partition coefficient (Wildman–Crippen LogP) is 4.37. The molecule has 132 valence electrons. The summed E-state index contributed by atoms with van der Waals surface area (Å²) >= 11 is 0. The van der Waals surface area contributed by atoms with Crippen molar-refractivity contribution in [1.82, 2.24) is 4.90 Å². The summed E-state index contributed by atoms with van der Waals surface area (Å²) < 4.78 is 5.42. The van der Waals surface area contributed by atoms with Crippen LogP contribution in [0.4, 0.5) is 4.79 Å². The second kappa shape index (κ2) is 8.32. The maximum Gasteiger partial charge on any atom is 0.410 e. The number of ether oxygens (including phenoxy) is 1. The van der Waals surface area contributed by atoms with Crippen LogP contribution in [0, 0.1) is 0 Å². The number of likely N-dealkylation sites (tertiary alicyclic amines) is 1. The molecule has 1 aromatic rings. The smallest absolute Gasteiger partial charge is 0.410 e. The van der Waals surface area contributed by atoms with Gasteiger partial charge in [0.25, 0.3) is 0 Å². The van der Waals surface area contributed by atoms with E-state index in [0.29, 0.717) is 13.0 Å². The first kappa shape index (κ1) is 18.5. The fourth-order valence-corrected chi connectivity index (χ4v) is 3.08. The van der Waals surface area contributed by atoms with Gasteiger partial charge in [-0.3, -0.25) is 9.69 Å². The molecule has 0 radical (unpaired) electrons. The SMILES string of the molecule is CC(C)(C)OC(=O)N1CCC[C@H]1C(=O)CCCCc1ccccc1. The van der Waals surface area contributed by atoms with E-state index in [1.807, 2.05) is 39.0 Å².